The molecule has 2 N–H and O–H groups in total. The van der Waals surface area contributed by atoms with E-state index >= 15 is 0 Å². The van der Waals surface area contributed by atoms with Crippen LogP contribution in [0, 0.1) is 0 Å². The lowest BCUT2D eigenvalue weighted by atomic mass is 10.2. The Bertz CT molecular complexity index is 223. The van der Waals surface area contributed by atoms with E-state index in [1.165, 1.54) is 11.8 Å². The molecule has 0 rings (SSSR count). The molecule has 0 radical (unpaired) electrons. The van der Waals surface area contributed by atoms with Crippen LogP contribution in [-0.2, 0) is 14.3 Å². The van der Waals surface area contributed by atoms with Gasteiger partial charge < -0.3 is 15.2 Å². The lowest BCUT2D eigenvalue weighted by Crippen LogP contribution is -2.37. The molecule has 0 aromatic rings. The van der Waals surface area contributed by atoms with Crippen molar-refractivity contribution in [3.05, 3.63) is 0 Å². The van der Waals surface area contributed by atoms with Crippen LogP contribution >= 0.6 is 11.8 Å². The normalized spacial score (nSPS) is 12.1. The van der Waals surface area contributed by atoms with E-state index in [4.69, 9.17) is 9.84 Å². The van der Waals surface area contributed by atoms with E-state index in [0.717, 1.165) is 0 Å². The van der Waals surface area contributed by atoms with Crippen molar-refractivity contribution in [2.24, 2.45) is 0 Å². The van der Waals surface area contributed by atoms with Crippen molar-refractivity contribution in [1.82, 2.24) is 5.32 Å². The van der Waals surface area contributed by atoms with Crippen LogP contribution in [0.4, 0.5) is 0 Å². The van der Waals surface area contributed by atoms with Gasteiger partial charge in [-0.15, -0.1) is 11.8 Å². The fraction of sp³-hybridized carbons (Fsp3) is 0.800. The SMILES string of the molecule is CCOC(CC)C(=O)NCCSCC(=O)O. The first kappa shape index (κ1) is 15.2. The molecule has 0 aliphatic heterocycles. The van der Waals surface area contributed by atoms with Crippen LogP contribution in [0.25, 0.3) is 0 Å². The molecule has 5 nitrogen and oxygen atoms in total. The number of ether oxygens (including phenoxy) is 1. The topological polar surface area (TPSA) is 75.6 Å². The molecule has 1 amide bonds. The summed E-state index contributed by atoms with van der Waals surface area (Å²) in [6.07, 6.45) is 0.247. The van der Waals surface area contributed by atoms with Gasteiger partial charge in [0.05, 0.1) is 5.75 Å². The first-order valence-electron chi connectivity index (χ1n) is 5.30. The fourth-order valence-electron chi connectivity index (χ4n) is 1.10. The van der Waals surface area contributed by atoms with Crippen LogP contribution in [0.1, 0.15) is 20.3 Å². The summed E-state index contributed by atoms with van der Waals surface area (Å²) in [6.45, 7) is 4.72. The third kappa shape index (κ3) is 7.53. The van der Waals surface area contributed by atoms with Crippen molar-refractivity contribution < 1.29 is 19.4 Å². The van der Waals surface area contributed by atoms with Gasteiger partial charge in [-0.3, -0.25) is 9.59 Å². The maximum atomic E-state index is 11.5. The van der Waals surface area contributed by atoms with Crippen LogP contribution in [0.3, 0.4) is 0 Å². The summed E-state index contributed by atoms with van der Waals surface area (Å²) >= 11 is 1.28. The Morgan fingerprint density at radius 2 is 2.12 bits per heavy atom. The molecular formula is C10H19NO4S. The van der Waals surface area contributed by atoms with Gasteiger partial charge in [-0.1, -0.05) is 6.92 Å². The Morgan fingerprint density at radius 3 is 2.62 bits per heavy atom. The molecule has 0 saturated carbocycles. The zero-order valence-corrected chi connectivity index (χ0v) is 10.5. The van der Waals surface area contributed by atoms with Gasteiger partial charge in [0, 0.05) is 18.9 Å². The molecular weight excluding hydrogens is 230 g/mol. The minimum absolute atomic E-state index is 0.0680. The number of nitrogens with one attached hydrogen (secondary N) is 1. The van der Waals surface area contributed by atoms with E-state index < -0.39 is 12.1 Å². The minimum Gasteiger partial charge on any atom is -0.481 e. The Labute approximate surface area is 99.9 Å². The molecule has 94 valence electrons. The minimum atomic E-state index is -0.836. The van der Waals surface area contributed by atoms with Crippen LogP contribution in [0.5, 0.6) is 0 Å². The van der Waals surface area contributed by atoms with Gasteiger partial charge >= 0.3 is 5.97 Å². The summed E-state index contributed by atoms with van der Waals surface area (Å²) in [6, 6.07) is 0. The van der Waals surface area contributed by atoms with Crippen LogP contribution in [-0.4, -0.2) is 47.7 Å². The smallest absolute Gasteiger partial charge is 0.313 e. The van der Waals surface area contributed by atoms with Gasteiger partial charge in [-0.2, -0.15) is 0 Å². The Balaban J connectivity index is 3.59. The van der Waals surface area contributed by atoms with Gasteiger partial charge in [-0.05, 0) is 13.3 Å². The number of amides is 1. The number of thioether (sulfide) groups is 1. The lowest BCUT2D eigenvalue weighted by Gasteiger charge is -2.14. The van der Waals surface area contributed by atoms with Gasteiger partial charge in [0.15, 0.2) is 0 Å². The highest BCUT2D eigenvalue weighted by Crippen LogP contribution is 1.99. The van der Waals surface area contributed by atoms with Crippen molar-refractivity contribution in [1.29, 1.82) is 0 Å². The predicted octanol–water partition coefficient (Wildman–Crippen LogP) is 0.735. The van der Waals surface area contributed by atoms with E-state index in [2.05, 4.69) is 5.32 Å². The van der Waals surface area contributed by atoms with E-state index in [9.17, 15) is 9.59 Å². The molecule has 0 bridgehead atoms. The number of carbonyl (C=O) groups excluding carboxylic acids is 1. The van der Waals surface area contributed by atoms with Crippen molar-refractivity contribution >= 4 is 23.6 Å². The molecule has 0 aliphatic carbocycles. The molecule has 16 heavy (non-hydrogen) atoms. The maximum Gasteiger partial charge on any atom is 0.313 e. The van der Waals surface area contributed by atoms with Crippen molar-refractivity contribution in [3.8, 4) is 0 Å². The van der Waals surface area contributed by atoms with Crippen LogP contribution < -0.4 is 5.32 Å². The molecule has 0 saturated heterocycles. The number of carboxylic acid groups (broad SMARTS) is 1. The molecule has 0 heterocycles. The average Bonchev–Trinajstić information content (AvgIpc) is 2.24. The number of carbonyl (C=O) groups is 2. The van der Waals surface area contributed by atoms with Crippen molar-refractivity contribution in [2.75, 3.05) is 24.7 Å². The molecule has 0 fully saturated rings. The first-order chi connectivity index (χ1) is 7.61. The summed E-state index contributed by atoms with van der Waals surface area (Å²) in [7, 11) is 0. The summed E-state index contributed by atoms with van der Waals surface area (Å²) in [4.78, 5) is 21.7. The van der Waals surface area contributed by atoms with Gasteiger partial charge in [0.1, 0.15) is 6.10 Å². The largest absolute Gasteiger partial charge is 0.481 e. The molecule has 1 unspecified atom stereocenters. The number of carboxylic acids is 1. The first-order valence-corrected chi connectivity index (χ1v) is 6.46. The number of rotatable bonds is 9. The van der Waals surface area contributed by atoms with Crippen LogP contribution in [0.15, 0.2) is 0 Å². The molecule has 0 aromatic heterocycles. The molecule has 0 aliphatic rings. The van der Waals surface area contributed by atoms with Crippen LogP contribution in [0.2, 0.25) is 0 Å². The van der Waals surface area contributed by atoms with Gasteiger partial charge in [-0.25, -0.2) is 0 Å². The van der Waals surface area contributed by atoms with E-state index in [1.807, 2.05) is 13.8 Å². The molecule has 0 spiro atoms. The Morgan fingerprint density at radius 1 is 1.44 bits per heavy atom. The summed E-state index contributed by atoms with van der Waals surface area (Å²) in [5.74, 6) is -0.295. The number of hydrogen-bond donors (Lipinski definition) is 2. The second kappa shape index (κ2) is 9.47. The van der Waals surface area contributed by atoms with E-state index in [0.29, 0.717) is 25.3 Å². The third-order valence-corrected chi connectivity index (χ3v) is 2.75. The monoisotopic (exact) mass is 249 g/mol. The van der Waals surface area contributed by atoms with Crippen molar-refractivity contribution in [3.63, 3.8) is 0 Å². The molecule has 0 aromatic carbocycles. The Kier molecular flexibility index (Phi) is 9.03. The molecule has 1 atom stereocenters. The van der Waals surface area contributed by atoms with Crippen molar-refractivity contribution in [2.45, 2.75) is 26.4 Å². The highest BCUT2D eigenvalue weighted by atomic mass is 32.2. The fourth-order valence-corrected chi connectivity index (χ4v) is 1.67. The number of aliphatic carboxylic acids is 1. The van der Waals surface area contributed by atoms with E-state index in [-0.39, 0.29) is 11.7 Å². The standard InChI is InChI=1S/C10H19NO4S/c1-3-8(15-4-2)10(14)11-5-6-16-7-9(12)13/h8H,3-7H2,1-2H3,(H,11,14)(H,12,13). The number of hydrogen-bond acceptors (Lipinski definition) is 4. The lowest BCUT2D eigenvalue weighted by molar-refractivity contribution is -0.134. The second-order valence-electron chi connectivity index (χ2n) is 3.09. The summed E-state index contributed by atoms with van der Waals surface area (Å²) < 4.78 is 5.24. The zero-order valence-electron chi connectivity index (χ0n) is 9.69. The quantitative estimate of drug-likeness (QED) is 0.589. The highest BCUT2D eigenvalue weighted by molar-refractivity contribution is 7.99. The summed E-state index contributed by atoms with van der Waals surface area (Å²) in [5, 5.41) is 11.1. The third-order valence-electron chi connectivity index (χ3n) is 1.80. The maximum absolute atomic E-state index is 11.5. The molecule has 6 heteroatoms. The zero-order chi connectivity index (χ0) is 12.4. The predicted molar refractivity (Wildman–Crippen MR) is 63.7 cm³/mol. The highest BCUT2D eigenvalue weighted by Gasteiger charge is 2.15. The summed E-state index contributed by atoms with van der Waals surface area (Å²) in [5.41, 5.74) is 0. The van der Waals surface area contributed by atoms with Gasteiger partial charge in [0.25, 0.3) is 0 Å². The van der Waals surface area contributed by atoms with E-state index in [1.54, 1.807) is 0 Å². The average molecular weight is 249 g/mol. The Hall–Kier alpha value is -0.750. The van der Waals surface area contributed by atoms with Gasteiger partial charge in [0.2, 0.25) is 5.91 Å². The second-order valence-corrected chi connectivity index (χ2v) is 4.19.